The number of primary amides is 1. The summed E-state index contributed by atoms with van der Waals surface area (Å²) in [6.45, 7) is 2.59. The lowest BCUT2D eigenvalue weighted by Crippen LogP contribution is -2.38. The molecule has 1 saturated heterocycles. The summed E-state index contributed by atoms with van der Waals surface area (Å²) in [5.74, 6) is 2.14. The molecule has 3 heteroatoms. The summed E-state index contributed by atoms with van der Waals surface area (Å²) in [6.07, 6.45) is 7.71. The first-order valence-electron chi connectivity index (χ1n) is 5.24. The SMILES string of the molecule is C1CCC2CNCCC2C1.NC=O. The molecule has 2 atom stereocenters. The monoisotopic (exact) mass is 184 g/mol. The van der Waals surface area contributed by atoms with Crippen molar-refractivity contribution in [2.45, 2.75) is 32.1 Å². The molecule has 0 aromatic rings. The van der Waals surface area contributed by atoms with E-state index < -0.39 is 0 Å². The van der Waals surface area contributed by atoms with E-state index in [1.165, 1.54) is 45.2 Å². The summed E-state index contributed by atoms with van der Waals surface area (Å²) in [5.41, 5.74) is 4.17. The third-order valence-electron chi connectivity index (χ3n) is 3.16. The van der Waals surface area contributed by atoms with Gasteiger partial charge in [-0.25, -0.2) is 0 Å². The largest absolute Gasteiger partial charge is 0.372 e. The first-order chi connectivity index (χ1) is 6.38. The molecule has 0 spiro atoms. The number of amides is 1. The summed E-state index contributed by atoms with van der Waals surface area (Å²) in [5, 5.41) is 3.48. The first kappa shape index (κ1) is 10.5. The Kier molecular flexibility index (Phi) is 4.83. The van der Waals surface area contributed by atoms with Crippen LogP contribution in [0.4, 0.5) is 0 Å². The second-order valence-electron chi connectivity index (χ2n) is 3.93. The number of nitrogens with one attached hydrogen (secondary N) is 1. The highest BCUT2D eigenvalue weighted by Gasteiger charge is 2.26. The zero-order chi connectivity index (χ0) is 9.52. The molecule has 76 valence electrons. The number of hydrogen-bond donors (Lipinski definition) is 2. The topological polar surface area (TPSA) is 55.1 Å². The minimum atomic E-state index is 0.250. The van der Waals surface area contributed by atoms with E-state index in [2.05, 4.69) is 11.1 Å². The summed E-state index contributed by atoms with van der Waals surface area (Å²) in [6, 6.07) is 0. The van der Waals surface area contributed by atoms with Gasteiger partial charge in [0, 0.05) is 0 Å². The minimum Gasteiger partial charge on any atom is -0.372 e. The zero-order valence-electron chi connectivity index (χ0n) is 8.17. The van der Waals surface area contributed by atoms with Gasteiger partial charge in [0.15, 0.2) is 0 Å². The molecule has 3 N–H and O–H groups in total. The average molecular weight is 184 g/mol. The van der Waals surface area contributed by atoms with E-state index in [0.29, 0.717) is 0 Å². The van der Waals surface area contributed by atoms with Gasteiger partial charge in [-0.3, -0.25) is 4.79 Å². The fourth-order valence-electron chi connectivity index (χ4n) is 2.51. The molecule has 0 radical (unpaired) electrons. The molecule has 2 unspecified atom stereocenters. The van der Waals surface area contributed by atoms with Crippen LogP contribution in [0.1, 0.15) is 32.1 Å². The van der Waals surface area contributed by atoms with Crippen LogP contribution in [0.3, 0.4) is 0 Å². The Hall–Kier alpha value is -0.570. The van der Waals surface area contributed by atoms with Gasteiger partial charge in [-0.15, -0.1) is 0 Å². The van der Waals surface area contributed by atoms with Crippen molar-refractivity contribution in [3.8, 4) is 0 Å². The second-order valence-corrected chi connectivity index (χ2v) is 3.93. The van der Waals surface area contributed by atoms with Crippen molar-refractivity contribution in [3.05, 3.63) is 0 Å². The quantitative estimate of drug-likeness (QED) is 0.549. The molecule has 0 aromatic carbocycles. The number of carbonyl (C=O) groups excluding carboxylic acids is 1. The predicted molar refractivity (Wildman–Crippen MR) is 53.2 cm³/mol. The van der Waals surface area contributed by atoms with Crippen LogP contribution >= 0.6 is 0 Å². The standard InChI is InChI=1S/C9H17N.CH3NO/c1-2-4-9-7-10-6-5-8(9)3-1;2-1-3/h8-10H,1-7H2;1H,(H2,2,3). The number of rotatable bonds is 0. The number of fused-ring (bicyclic) bond motifs is 1. The molecule has 2 aliphatic rings. The Labute approximate surface area is 80.1 Å². The molecule has 0 bridgehead atoms. The maximum absolute atomic E-state index is 8.58. The van der Waals surface area contributed by atoms with Crippen molar-refractivity contribution in [1.29, 1.82) is 0 Å². The fourth-order valence-corrected chi connectivity index (χ4v) is 2.51. The van der Waals surface area contributed by atoms with Gasteiger partial charge >= 0.3 is 0 Å². The molecule has 1 aliphatic heterocycles. The third-order valence-corrected chi connectivity index (χ3v) is 3.16. The highest BCUT2D eigenvalue weighted by Crippen LogP contribution is 2.33. The Morgan fingerprint density at radius 1 is 1.15 bits per heavy atom. The first-order valence-corrected chi connectivity index (χ1v) is 5.24. The Morgan fingerprint density at radius 2 is 1.77 bits per heavy atom. The van der Waals surface area contributed by atoms with Gasteiger partial charge in [-0.2, -0.15) is 0 Å². The summed E-state index contributed by atoms with van der Waals surface area (Å²) < 4.78 is 0. The van der Waals surface area contributed by atoms with Crippen molar-refractivity contribution in [3.63, 3.8) is 0 Å². The lowest BCUT2D eigenvalue weighted by molar-refractivity contribution is -0.106. The van der Waals surface area contributed by atoms with Crippen LogP contribution < -0.4 is 11.1 Å². The van der Waals surface area contributed by atoms with Gasteiger partial charge in [0.05, 0.1) is 0 Å². The van der Waals surface area contributed by atoms with E-state index in [1.807, 2.05) is 0 Å². The molecular formula is C10H20N2O. The van der Waals surface area contributed by atoms with Crippen molar-refractivity contribution in [1.82, 2.24) is 5.32 Å². The predicted octanol–water partition coefficient (Wildman–Crippen LogP) is 0.888. The molecule has 0 aromatic heterocycles. The number of nitrogens with two attached hydrogens (primary N) is 1. The van der Waals surface area contributed by atoms with Gasteiger partial charge in [-0.1, -0.05) is 19.3 Å². The molecule has 2 fully saturated rings. The van der Waals surface area contributed by atoms with Crippen LogP contribution in [0, 0.1) is 11.8 Å². The maximum Gasteiger partial charge on any atom is 0.204 e. The van der Waals surface area contributed by atoms with E-state index in [4.69, 9.17) is 4.79 Å². The summed E-state index contributed by atoms with van der Waals surface area (Å²) in [4.78, 5) is 8.58. The van der Waals surface area contributed by atoms with Crippen LogP contribution in [0.15, 0.2) is 0 Å². The van der Waals surface area contributed by atoms with Crippen LogP contribution in [-0.2, 0) is 4.79 Å². The molecule has 1 saturated carbocycles. The molecule has 3 nitrogen and oxygen atoms in total. The Morgan fingerprint density at radius 3 is 2.38 bits per heavy atom. The van der Waals surface area contributed by atoms with Crippen LogP contribution in [-0.4, -0.2) is 19.5 Å². The number of hydrogen-bond acceptors (Lipinski definition) is 2. The highest BCUT2D eigenvalue weighted by molar-refractivity contribution is 5.42. The van der Waals surface area contributed by atoms with E-state index in [0.717, 1.165) is 11.8 Å². The van der Waals surface area contributed by atoms with Crippen molar-refractivity contribution in [2.24, 2.45) is 17.6 Å². The summed E-state index contributed by atoms with van der Waals surface area (Å²) >= 11 is 0. The van der Waals surface area contributed by atoms with E-state index in [9.17, 15) is 0 Å². The molecule has 1 heterocycles. The van der Waals surface area contributed by atoms with Crippen LogP contribution in [0.5, 0.6) is 0 Å². The zero-order valence-corrected chi connectivity index (χ0v) is 8.17. The maximum atomic E-state index is 8.58. The van der Waals surface area contributed by atoms with E-state index >= 15 is 0 Å². The van der Waals surface area contributed by atoms with Gasteiger partial charge in [0.2, 0.25) is 6.41 Å². The molecule has 1 amide bonds. The number of piperidine rings is 1. The van der Waals surface area contributed by atoms with E-state index in [1.54, 1.807) is 0 Å². The minimum absolute atomic E-state index is 0.250. The van der Waals surface area contributed by atoms with Gasteiger partial charge in [0.25, 0.3) is 0 Å². The van der Waals surface area contributed by atoms with Crippen molar-refractivity contribution in [2.75, 3.05) is 13.1 Å². The molecule has 13 heavy (non-hydrogen) atoms. The van der Waals surface area contributed by atoms with Crippen molar-refractivity contribution >= 4 is 6.41 Å². The fraction of sp³-hybridized carbons (Fsp3) is 0.900. The van der Waals surface area contributed by atoms with Crippen molar-refractivity contribution < 1.29 is 4.79 Å². The summed E-state index contributed by atoms with van der Waals surface area (Å²) in [7, 11) is 0. The normalized spacial score (nSPS) is 32.3. The highest BCUT2D eigenvalue weighted by atomic mass is 16.1. The lowest BCUT2D eigenvalue weighted by atomic mass is 9.76. The van der Waals surface area contributed by atoms with Crippen LogP contribution in [0.2, 0.25) is 0 Å². The van der Waals surface area contributed by atoms with E-state index in [-0.39, 0.29) is 6.41 Å². The third kappa shape index (κ3) is 3.35. The smallest absolute Gasteiger partial charge is 0.204 e. The molecule has 1 aliphatic carbocycles. The van der Waals surface area contributed by atoms with Gasteiger partial charge in [0.1, 0.15) is 0 Å². The van der Waals surface area contributed by atoms with Crippen LogP contribution in [0.25, 0.3) is 0 Å². The number of carbonyl (C=O) groups is 1. The Balaban J connectivity index is 0.000000251. The Bertz CT molecular complexity index is 124. The molecule has 2 rings (SSSR count). The second kappa shape index (κ2) is 5.97. The van der Waals surface area contributed by atoms with Gasteiger partial charge < -0.3 is 11.1 Å². The van der Waals surface area contributed by atoms with Gasteiger partial charge in [-0.05, 0) is 37.8 Å². The molecular weight excluding hydrogens is 164 g/mol. The lowest BCUT2D eigenvalue weighted by Gasteiger charge is -2.35. The average Bonchev–Trinajstić information content (AvgIpc) is 2.19.